The number of nitrogens with one attached hydrogen (secondary N) is 1. The van der Waals surface area contributed by atoms with Gasteiger partial charge < -0.3 is 15.0 Å². The van der Waals surface area contributed by atoms with Crippen molar-refractivity contribution in [2.45, 2.75) is 57.7 Å². The Morgan fingerprint density at radius 1 is 1.44 bits per heavy atom. The number of carbonyl (C=O) groups excluding carboxylic acids is 1. The van der Waals surface area contributed by atoms with Crippen LogP contribution < -0.4 is 5.32 Å². The van der Waals surface area contributed by atoms with E-state index in [1.807, 2.05) is 28.9 Å². The Bertz CT molecular complexity index is 612. The maximum atomic E-state index is 12.9. The van der Waals surface area contributed by atoms with E-state index in [-0.39, 0.29) is 35.4 Å². The van der Waals surface area contributed by atoms with Crippen molar-refractivity contribution in [2.75, 3.05) is 27.2 Å². The van der Waals surface area contributed by atoms with Crippen LogP contribution in [0.4, 0.5) is 0 Å². The van der Waals surface area contributed by atoms with Crippen molar-refractivity contribution < 1.29 is 9.53 Å². The van der Waals surface area contributed by atoms with Gasteiger partial charge in [-0.05, 0) is 38.8 Å². The van der Waals surface area contributed by atoms with Gasteiger partial charge in [-0.15, -0.1) is 12.4 Å². The van der Waals surface area contributed by atoms with Crippen LogP contribution in [0.15, 0.2) is 12.3 Å². The Kier molecular flexibility index (Phi) is 5.86. The SMILES string of the molecule is COC1(C)CC(N(C)C(=O)c2ccn(C3CCCNC3)n2)C1(C)C.Cl. The van der Waals surface area contributed by atoms with Crippen molar-refractivity contribution in [3.05, 3.63) is 18.0 Å². The average molecular weight is 371 g/mol. The van der Waals surface area contributed by atoms with E-state index in [0.29, 0.717) is 11.7 Å². The van der Waals surface area contributed by atoms with Gasteiger partial charge in [-0.3, -0.25) is 9.48 Å². The monoisotopic (exact) mass is 370 g/mol. The fraction of sp³-hybridized carbons (Fsp3) is 0.778. The fourth-order valence-electron chi connectivity index (χ4n) is 4.11. The molecule has 25 heavy (non-hydrogen) atoms. The summed E-state index contributed by atoms with van der Waals surface area (Å²) < 4.78 is 7.62. The molecule has 142 valence electrons. The predicted molar refractivity (Wildman–Crippen MR) is 100 cm³/mol. The Morgan fingerprint density at radius 2 is 2.16 bits per heavy atom. The van der Waals surface area contributed by atoms with Crippen LogP contribution in [0.1, 0.15) is 56.6 Å². The molecule has 2 fully saturated rings. The predicted octanol–water partition coefficient (Wildman–Crippen LogP) is 2.51. The molecule has 0 radical (unpaired) electrons. The van der Waals surface area contributed by atoms with E-state index in [9.17, 15) is 4.79 Å². The maximum Gasteiger partial charge on any atom is 0.274 e. The highest BCUT2D eigenvalue weighted by Crippen LogP contribution is 2.53. The summed E-state index contributed by atoms with van der Waals surface area (Å²) in [4.78, 5) is 14.7. The molecule has 6 nitrogen and oxygen atoms in total. The second-order valence-corrected chi connectivity index (χ2v) is 7.97. The molecule has 1 saturated carbocycles. The van der Waals surface area contributed by atoms with Crippen LogP contribution in [0.5, 0.6) is 0 Å². The van der Waals surface area contributed by atoms with E-state index in [0.717, 1.165) is 32.4 Å². The van der Waals surface area contributed by atoms with Crippen LogP contribution in [-0.2, 0) is 4.74 Å². The lowest BCUT2D eigenvalue weighted by Crippen LogP contribution is -2.68. The zero-order valence-corrected chi connectivity index (χ0v) is 16.7. The van der Waals surface area contributed by atoms with Crippen LogP contribution >= 0.6 is 12.4 Å². The van der Waals surface area contributed by atoms with Crippen molar-refractivity contribution in [3.63, 3.8) is 0 Å². The van der Waals surface area contributed by atoms with Gasteiger partial charge in [0.2, 0.25) is 0 Å². The molecule has 1 N–H and O–H groups in total. The summed E-state index contributed by atoms with van der Waals surface area (Å²) in [5.41, 5.74) is 0.270. The first-order valence-electron chi connectivity index (χ1n) is 8.88. The molecular weight excluding hydrogens is 340 g/mol. The van der Waals surface area contributed by atoms with Crippen LogP contribution in [0.2, 0.25) is 0 Å². The Balaban J connectivity index is 0.00000225. The number of halogens is 1. The first-order chi connectivity index (χ1) is 11.3. The smallest absolute Gasteiger partial charge is 0.274 e. The third-order valence-electron chi connectivity index (χ3n) is 6.49. The quantitative estimate of drug-likeness (QED) is 0.884. The minimum absolute atomic E-state index is 0. The lowest BCUT2D eigenvalue weighted by molar-refractivity contribution is -0.198. The largest absolute Gasteiger partial charge is 0.378 e. The van der Waals surface area contributed by atoms with Crippen molar-refractivity contribution in [2.24, 2.45) is 5.41 Å². The molecule has 1 aromatic heterocycles. The topological polar surface area (TPSA) is 59.4 Å². The minimum Gasteiger partial charge on any atom is -0.378 e. The minimum atomic E-state index is -0.181. The molecule has 1 aromatic rings. The van der Waals surface area contributed by atoms with E-state index in [1.54, 1.807) is 7.11 Å². The number of hydrogen-bond donors (Lipinski definition) is 1. The summed E-state index contributed by atoms with van der Waals surface area (Å²) in [6.45, 7) is 8.45. The van der Waals surface area contributed by atoms with Crippen molar-refractivity contribution in [1.29, 1.82) is 0 Å². The second-order valence-electron chi connectivity index (χ2n) is 7.97. The number of methoxy groups -OCH3 is 1. The molecule has 3 rings (SSSR count). The number of amides is 1. The van der Waals surface area contributed by atoms with Crippen LogP contribution in [0.3, 0.4) is 0 Å². The molecule has 1 saturated heterocycles. The standard InChI is InChI=1S/C18H30N4O2.ClH/c1-17(2)15(11-18(17,3)24-5)21(4)16(23)14-8-10-22(20-14)13-7-6-9-19-12-13;/h8,10,13,15,19H,6-7,9,11-12H2,1-5H3;1H. The summed E-state index contributed by atoms with van der Waals surface area (Å²) >= 11 is 0. The Labute approximate surface area is 156 Å². The highest BCUT2D eigenvalue weighted by Gasteiger charge is 2.59. The Morgan fingerprint density at radius 3 is 2.72 bits per heavy atom. The molecule has 0 aromatic carbocycles. The van der Waals surface area contributed by atoms with E-state index in [4.69, 9.17) is 4.74 Å². The molecule has 3 atom stereocenters. The van der Waals surface area contributed by atoms with Gasteiger partial charge in [0.25, 0.3) is 5.91 Å². The molecule has 2 heterocycles. The van der Waals surface area contributed by atoms with Crippen molar-refractivity contribution in [3.8, 4) is 0 Å². The normalized spacial score (nSPS) is 30.9. The number of ether oxygens (including phenoxy) is 1. The van der Waals surface area contributed by atoms with Gasteiger partial charge in [-0.1, -0.05) is 13.8 Å². The van der Waals surface area contributed by atoms with Gasteiger partial charge >= 0.3 is 0 Å². The molecule has 0 bridgehead atoms. The van der Waals surface area contributed by atoms with Gasteiger partial charge in [-0.25, -0.2) is 0 Å². The summed E-state index contributed by atoms with van der Waals surface area (Å²) in [7, 11) is 3.63. The molecule has 0 spiro atoms. The summed E-state index contributed by atoms with van der Waals surface area (Å²) in [5.74, 6) is -0.00579. The van der Waals surface area contributed by atoms with Gasteiger partial charge in [0, 0.05) is 38.4 Å². The summed E-state index contributed by atoms with van der Waals surface area (Å²) in [6, 6.07) is 2.35. The fourth-order valence-corrected chi connectivity index (χ4v) is 4.11. The van der Waals surface area contributed by atoms with E-state index < -0.39 is 0 Å². The maximum absolute atomic E-state index is 12.9. The summed E-state index contributed by atoms with van der Waals surface area (Å²) in [5, 5.41) is 7.94. The first kappa shape index (κ1) is 20.2. The number of piperidine rings is 1. The third kappa shape index (κ3) is 3.32. The van der Waals surface area contributed by atoms with Crippen molar-refractivity contribution in [1.82, 2.24) is 20.0 Å². The lowest BCUT2D eigenvalue weighted by atomic mass is 9.55. The van der Waals surface area contributed by atoms with E-state index in [1.165, 1.54) is 0 Å². The van der Waals surface area contributed by atoms with Crippen LogP contribution in [0, 0.1) is 5.41 Å². The highest BCUT2D eigenvalue weighted by molar-refractivity contribution is 5.92. The highest BCUT2D eigenvalue weighted by atomic mass is 35.5. The molecular formula is C18H31ClN4O2. The number of rotatable bonds is 4. The third-order valence-corrected chi connectivity index (χ3v) is 6.49. The average Bonchev–Trinajstić information content (AvgIpc) is 3.08. The molecule has 7 heteroatoms. The zero-order valence-electron chi connectivity index (χ0n) is 15.9. The van der Waals surface area contributed by atoms with E-state index in [2.05, 4.69) is 31.2 Å². The molecule has 1 amide bonds. The van der Waals surface area contributed by atoms with Gasteiger partial charge in [0.05, 0.1) is 11.6 Å². The number of nitrogens with zero attached hydrogens (tertiary/aromatic N) is 3. The number of hydrogen-bond acceptors (Lipinski definition) is 4. The Hall–Kier alpha value is -1.11. The number of carbonyl (C=O) groups is 1. The lowest BCUT2D eigenvalue weighted by Gasteiger charge is -2.61. The van der Waals surface area contributed by atoms with Crippen molar-refractivity contribution >= 4 is 18.3 Å². The van der Waals surface area contributed by atoms with E-state index >= 15 is 0 Å². The van der Waals surface area contributed by atoms with Crippen LogP contribution in [0.25, 0.3) is 0 Å². The molecule has 1 aliphatic carbocycles. The van der Waals surface area contributed by atoms with Gasteiger partial charge in [0.15, 0.2) is 0 Å². The number of aromatic nitrogens is 2. The zero-order chi connectivity index (χ0) is 17.5. The van der Waals surface area contributed by atoms with Gasteiger partial charge in [-0.2, -0.15) is 5.10 Å². The molecule has 3 unspecified atom stereocenters. The second kappa shape index (κ2) is 7.25. The summed E-state index contributed by atoms with van der Waals surface area (Å²) in [6.07, 6.45) is 5.05. The van der Waals surface area contributed by atoms with Gasteiger partial charge in [0.1, 0.15) is 5.69 Å². The van der Waals surface area contributed by atoms with Crippen LogP contribution in [-0.4, -0.2) is 59.5 Å². The molecule has 2 aliphatic rings. The first-order valence-corrected chi connectivity index (χ1v) is 8.88. The molecule has 1 aliphatic heterocycles.